The zero-order chi connectivity index (χ0) is 27.2. The fourth-order valence-electron chi connectivity index (χ4n) is 4.63. The van der Waals surface area contributed by atoms with Gasteiger partial charge in [0, 0.05) is 22.3 Å². The summed E-state index contributed by atoms with van der Waals surface area (Å²) in [4.78, 5) is 10.2. The number of nitrogens with one attached hydrogen (secondary N) is 2. The predicted molar refractivity (Wildman–Crippen MR) is 161 cm³/mol. The van der Waals surface area contributed by atoms with Crippen molar-refractivity contribution in [2.24, 2.45) is 0 Å². The van der Waals surface area contributed by atoms with Gasteiger partial charge in [-0.3, -0.25) is 5.10 Å². The maximum Gasteiger partial charge on any atom is 0.116 e. The molecule has 0 aliphatic carbocycles. The van der Waals surface area contributed by atoms with Crippen LogP contribution in [0.15, 0.2) is 84.9 Å². The molecule has 0 unspecified atom stereocenters. The smallest absolute Gasteiger partial charge is 0.116 e. The van der Waals surface area contributed by atoms with Gasteiger partial charge in [0.2, 0.25) is 0 Å². The van der Waals surface area contributed by atoms with E-state index in [1.807, 2.05) is 45.4 Å². The third kappa shape index (κ3) is 5.87. The average Bonchev–Trinajstić information content (AvgIpc) is 3.63. The molecule has 4 aromatic rings. The summed E-state index contributed by atoms with van der Waals surface area (Å²) in [5, 5.41) is 11.0. The van der Waals surface area contributed by atoms with Crippen molar-refractivity contribution in [3.8, 4) is 17.1 Å². The summed E-state index contributed by atoms with van der Waals surface area (Å²) in [5.74, 6) is 0. The molecule has 0 aliphatic heterocycles. The van der Waals surface area contributed by atoms with Crippen molar-refractivity contribution in [1.29, 1.82) is 0 Å². The Morgan fingerprint density at radius 3 is 2.68 bits per heavy atom. The maximum absolute atomic E-state index is 4.70. The van der Waals surface area contributed by atoms with E-state index in [9.17, 15) is 0 Å². The van der Waals surface area contributed by atoms with Gasteiger partial charge < -0.3 is 14.5 Å². The number of fused-ring (bicyclic) bond motifs is 1. The van der Waals surface area contributed by atoms with Crippen LogP contribution in [0.4, 0.5) is 0 Å². The van der Waals surface area contributed by atoms with Crippen molar-refractivity contribution >= 4 is 23.1 Å². The topological polar surface area (TPSA) is 65.5 Å². The molecule has 6 nitrogen and oxygen atoms in total. The number of benzene rings is 1. The Balaban J connectivity index is 1.74. The Morgan fingerprint density at radius 1 is 1.21 bits per heavy atom. The Morgan fingerprint density at radius 2 is 2.03 bits per heavy atom. The highest BCUT2D eigenvalue weighted by Gasteiger charge is 2.13. The normalized spacial score (nSPS) is 13.7. The van der Waals surface area contributed by atoms with Crippen molar-refractivity contribution in [3.05, 3.63) is 101 Å². The molecule has 0 saturated carbocycles. The minimum absolute atomic E-state index is 0.859. The Labute approximate surface area is 225 Å². The van der Waals surface area contributed by atoms with Crippen LogP contribution in [0.1, 0.15) is 32.4 Å². The van der Waals surface area contributed by atoms with Gasteiger partial charge in [-0.05, 0) is 95.2 Å². The molecule has 0 atom stereocenters. The minimum atomic E-state index is 0.859. The summed E-state index contributed by atoms with van der Waals surface area (Å²) in [7, 11) is 4.20. The molecule has 6 heteroatoms. The third-order valence-electron chi connectivity index (χ3n) is 6.68. The lowest BCUT2D eigenvalue weighted by Gasteiger charge is -2.10. The summed E-state index contributed by atoms with van der Waals surface area (Å²) in [6.45, 7) is 15.6. The first-order valence-corrected chi connectivity index (χ1v) is 13.0. The first kappa shape index (κ1) is 26.9. The van der Waals surface area contributed by atoms with Crippen molar-refractivity contribution in [2.45, 2.75) is 33.6 Å². The second kappa shape index (κ2) is 11.9. The lowest BCUT2D eigenvalue weighted by atomic mass is 10.00. The number of imidazole rings is 1. The van der Waals surface area contributed by atoms with E-state index in [-0.39, 0.29) is 0 Å². The van der Waals surface area contributed by atoms with Crippen LogP contribution in [0, 0.1) is 6.92 Å². The monoisotopic (exact) mass is 506 g/mol. The van der Waals surface area contributed by atoms with Crippen molar-refractivity contribution in [2.75, 3.05) is 20.6 Å². The predicted octanol–water partition coefficient (Wildman–Crippen LogP) is 5.59. The highest BCUT2D eigenvalue weighted by Crippen LogP contribution is 2.27. The molecular weight excluding hydrogens is 468 g/mol. The molecule has 0 amide bonds. The molecule has 1 aromatic carbocycles. The van der Waals surface area contributed by atoms with Crippen molar-refractivity contribution < 1.29 is 0 Å². The van der Waals surface area contributed by atoms with E-state index < -0.39 is 0 Å². The molecule has 3 heterocycles. The molecule has 38 heavy (non-hydrogen) atoms. The summed E-state index contributed by atoms with van der Waals surface area (Å²) >= 11 is 0. The third-order valence-corrected chi connectivity index (χ3v) is 6.68. The second-order valence-electron chi connectivity index (χ2n) is 9.78. The van der Waals surface area contributed by atoms with Gasteiger partial charge in [0.25, 0.3) is 0 Å². The summed E-state index contributed by atoms with van der Waals surface area (Å²) < 4.78 is 2.06. The van der Waals surface area contributed by atoms with Gasteiger partial charge >= 0.3 is 0 Å². The van der Waals surface area contributed by atoms with Crippen LogP contribution in [0.3, 0.4) is 0 Å². The zero-order valence-electron chi connectivity index (χ0n) is 23.2. The first-order valence-electron chi connectivity index (χ1n) is 13.0. The van der Waals surface area contributed by atoms with Crippen LogP contribution in [0.5, 0.6) is 0 Å². The van der Waals surface area contributed by atoms with E-state index in [4.69, 9.17) is 5.10 Å². The van der Waals surface area contributed by atoms with Crippen molar-refractivity contribution in [3.63, 3.8) is 0 Å². The second-order valence-corrected chi connectivity index (χ2v) is 9.78. The molecule has 196 valence electrons. The lowest BCUT2D eigenvalue weighted by Crippen LogP contribution is -2.23. The Hall–Kier alpha value is -4.16. The highest BCUT2D eigenvalue weighted by atomic mass is 15.1. The van der Waals surface area contributed by atoms with E-state index in [2.05, 4.69) is 94.3 Å². The standard InChI is InChI=1S/C32H38N6/c1-8-24(13-12-16-37(6)7)18-25(9-2)22(4)17-27-28(10-3)35-36-32(27)30-19-26-29(34-30)14-11-15-31(26)38-20-23(5)33-21-38/h8-11,14-15,17-21,34-35H,1,4,12-13,16H2,2-3,5-7H3/b24-18+,25-9+,27-17+,28-10+. The van der Waals surface area contributed by atoms with Gasteiger partial charge in [-0.1, -0.05) is 43.5 Å². The first-order chi connectivity index (χ1) is 18.3. The number of nitrogens with zero attached hydrogens (tertiary/aromatic N) is 4. The zero-order valence-corrected chi connectivity index (χ0v) is 23.2. The number of allylic oxidation sites excluding steroid dienone is 6. The van der Waals surface area contributed by atoms with E-state index in [0.29, 0.717) is 0 Å². The van der Waals surface area contributed by atoms with Crippen LogP contribution in [0.25, 0.3) is 40.1 Å². The number of aromatic nitrogens is 5. The fraction of sp³-hybridized carbons (Fsp3) is 0.250. The van der Waals surface area contributed by atoms with Gasteiger partial charge in [-0.2, -0.15) is 5.10 Å². The molecule has 0 fully saturated rings. The molecule has 0 radical (unpaired) electrons. The molecule has 0 aliphatic rings. The molecule has 3 aromatic heterocycles. The van der Waals surface area contributed by atoms with Gasteiger partial charge in [-0.25, -0.2) is 4.98 Å². The van der Waals surface area contributed by atoms with Gasteiger partial charge in [-0.15, -0.1) is 0 Å². The maximum atomic E-state index is 4.70. The van der Waals surface area contributed by atoms with Crippen molar-refractivity contribution in [1.82, 2.24) is 29.6 Å². The lowest BCUT2D eigenvalue weighted by molar-refractivity contribution is 0.400. The molecular formula is C32H38N6. The van der Waals surface area contributed by atoms with E-state index in [1.54, 1.807) is 0 Å². The number of rotatable bonds is 10. The Kier molecular flexibility index (Phi) is 8.44. The number of hydrogen-bond donors (Lipinski definition) is 2. The SMILES string of the molecule is C=C/C(=C\C(=C/C)C(=C)/C=c1/c(-c2cc3c(-n4cnc(C)c4)cccc3[nH]2)n[nH]/c1=C/C)CCCN(C)C. The number of aryl methyl sites for hydroxylation is 1. The summed E-state index contributed by atoms with van der Waals surface area (Å²) in [6, 6.07) is 8.40. The van der Waals surface area contributed by atoms with Crippen LogP contribution in [-0.2, 0) is 0 Å². The molecule has 0 bridgehead atoms. The highest BCUT2D eigenvalue weighted by molar-refractivity contribution is 5.92. The van der Waals surface area contributed by atoms with E-state index in [0.717, 1.165) is 74.8 Å². The van der Waals surface area contributed by atoms with Crippen LogP contribution >= 0.6 is 0 Å². The molecule has 2 N–H and O–H groups in total. The van der Waals surface area contributed by atoms with Gasteiger partial charge in [0.05, 0.1) is 28.8 Å². The average molecular weight is 507 g/mol. The molecule has 4 rings (SSSR count). The molecule has 0 saturated heterocycles. The summed E-state index contributed by atoms with van der Waals surface area (Å²) in [6.07, 6.45) is 16.3. The number of H-pyrrole nitrogens is 2. The number of hydrogen-bond acceptors (Lipinski definition) is 3. The Bertz CT molecular complexity index is 1630. The summed E-state index contributed by atoms with van der Waals surface area (Å²) in [5.41, 5.74) is 8.12. The van der Waals surface area contributed by atoms with Crippen LogP contribution < -0.4 is 10.6 Å². The fourth-order valence-corrected chi connectivity index (χ4v) is 4.63. The van der Waals surface area contributed by atoms with Crippen LogP contribution in [0.2, 0.25) is 0 Å². The largest absolute Gasteiger partial charge is 0.353 e. The van der Waals surface area contributed by atoms with E-state index >= 15 is 0 Å². The number of aromatic amines is 2. The van der Waals surface area contributed by atoms with Crippen LogP contribution in [-0.4, -0.2) is 50.3 Å². The van der Waals surface area contributed by atoms with Gasteiger partial charge in [0.1, 0.15) is 5.69 Å². The van der Waals surface area contributed by atoms with Gasteiger partial charge in [0.15, 0.2) is 0 Å². The molecule has 0 spiro atoms. The van der Waals surface area contributed by atoms with E-state index in [1.165, 1.54) is 5.57 Å². The quantitative estimate of drug-likeness (QED) is 0.276. The minimum Gasteiger partial charge on any atom is -0.353 e.